The van der Waals surface area contributed by atoms with Gasteiger partial charge in [0.15, 0.2) is 5.82 Å². The van der Waals surface area contributed by atoms with Gasteiger partial charge < -0.3 is 5.32 Å². The van der Waals surface area contributed by atoms with E-state index in [9.17, 15) is 0 Å². The van der Waals surface area contributed by atoms with Crippen LogP contribution >= 0.6 is 0 Å². The first kappa shape index (κ1) is 11.1. The fourth-order valence-electron chi connectivity index (χ4n) is 2.84. The van der Waals surface area contributed by atoms with Gasteiger partial charge in [0.1, 0.15) is 0 Å². The van der Waals surface area contributed by atoms with Crippen LogP contribution in [0.3, 0.4) is 0 Å². The van der Waals surface area contributed by atoms with E-state index in [-0.39, 0.29) is 0 Å². The van der Waals surface area contributed by atoms with Crippen LogP contribution < -0.4 is 5.32 Å². The van der Waals surface area contributed by atoms with Crippen molar-refractivity contribution in [1.82, 2.24) is 20.5 Å². The molecule has 0 amide bonds. The molecular formula is C13H20N4. The lowest BCUT2D eigenvalue weighted by Gasteiger charge is -2.22. The van der Waals surface area contributed by atoms with E-state index in [1.54, 1.807) is 0 Å². The standard InChI is InChI=1S/C13H20N4/c1-2-6-12-11(5-1)15-13(17-16-12)8-10-4-3-7-14-9-10/h10,14H,1-9H2. The van der Waals surface area contributed by atoms with Crippen LogP contribution in [-0.4, -0.2) is 28.3 Å². The van der Waals surface area contributed by atoms with Crippen LogP contribution in [-0.2, 0) is 19.3 Å². The summed E-state index contributed by atoms with van der Waals surface area (Å²) in [7, 11) is 0. The smallest absolute Gasteiger partial charge is 0.151 e. The molecule has 0 aromatic carbocycles. The third-order valence-electron chi connectivity index (χ3n) is 3.83. The van der Waals surface area contributed by atoms with E-state index in [0.29, 0.717) is 5.92 Å². The number of piperidine rings is 1. The molecule has 2 heterocycles. The molecule has 4 nitrogen and oxygen atoms in total. The number of hydrogen-bond acceptors (Lipinski definition) is 4. The van der Waals surface area contributed by atoms with Crippen molar-refractivity contribution in [3.8, 4) is 0 Å². The largest absolute Gasteiger partial charge is 0.316 e. The van der Waals surface area contributed by atoms with E-state index < -0.39 is 0 Å². The Morgan fingerprint density at radius 2 is 1.94 bits per heavy atom. The lowest BCUT2D eigenvalue weighted by molar-refractivity contribution is 0.368. The van der Waals surface area contributed by atoms with Crippen molar-refractivity contribution in [2.45, 2.75) is 44.9 Å². The van der Waals surface area contributed by atoms with Crippen molar-refractivity contribution in [2.75, 3.05) is 13.1 Å². The number of hydrogen-bond donors (Lipinski definition) is 1. The number of nitrogens with one attached hydrogen (secondary N) is 1. The van der Waals surface area contributed by atoms with Crippen LogP contribution in [0.5, 0.6) is 0 Å². The van der Waals surface area contributed by atoms with Crippen molar-refractivity contribution in [2.24, 2.45) is 5.92 Å². The molecule has 4 heteroatoms. The Bertz CT molecular complexity index is 385. The van der Waals surface area contributed by atoms with Crippen molar-refractivity contribution in [3.05, 3.63) is 17.2 Å². The molecule has 0 bridgehead atoms. The van der Waals surface area contributed by atoms with Gasteiger partial charge in [-0.15, -0.1) is 5.10 Å². The molecule has 1 N–H and O–H groups in total. The molecule has 1 aromatic heterocycles. The minimum atomic E-state index is 0.701. The Labute approximate surface area is 102 Å². The molecule has 1 fully saturated rings. The first-order valence-corrected chi connectivity index (χ1v) is 6.84. The molecule has 0 radical (unpaired) electrons. The second-order valence-corrected chi connectivity index (χ2v) is 5.25. The molecule has 2 aliphatic rings. The van der Waals surface area contributed by atoms with Gasteiger partial charge in [-0.05, 0) is 57.5 Å². The minimum Gasteiger partial charge on any atom is -0.316 e. The monoisotopic (exact) mass is 232 g/mol. The predicted octanol–water partition coefficient (Wildman–Crippen LogP) is 1.29. The molecule has 17 heavy (non-hydrogen) atoms. The van der Waals surface area contributed by atoms with E-state index in [1.165, 1.54) is 37.9 Å². The Morgan fingerprint density at radius 1 is 1.06 bits per heavy atom. The van der Waals surface area contributed by atoms with Crippen LogP contribution in [0.2, 0.25) is 0 Å². The molecule has 1 aliphatic carbocycles. The molecule has 92 valence electrons. The predicted molar refractivity (Wildman–Crippen MR) is 65.8 cm³/mol. The Kier molecular flexibility index (Phi) is 3.31. The van der Waals surface area contributed by atoms with Gasteiger partial charge in [-0.1, -0.05) is 0 Å². The highest BCUT2D eigenvalue weighted by molar-refractivity contribution is 5.13. The van der Waals surface area contributed by atoms with E-state index >= 15 is 0 Å². The Hall–Kier alpha value is -1.03. The second-order valence-electron chi connectivity index (χ2n) is 5.25. The van der Waals surface area contributed by atoms with Crippen molar-refractivity contribution in [1.29, 1.82) is 0 Å². The van der Waals surface area contributed by atoms with Gasteiger partial charge in [0.2, 0.25) is 0 Å². The summed E-state index contributed by atoms with van der Waals surface area (Å²) in [5.74, 6) is 1.66. The molecule has 1 aliphatic heterocycles. The van der Waals surface area contributed by atoms with Crippen molar-refractivity contribution >= 4 is 0 Å². The summed E-state index contributed by atoms with van der Waals surface area (Å²) in [4.78, 5) is 4.71. The molecule has 1 saturated heterocycles. The summed E-state index contributed by atoms with van der Waals surface area (Å²) >= 11 is 0. The summed E-state index contributed by atoms with van der Waals surface area (Å²) in [5, 5.41) is 12.1. The maximum absolute atomic E-state index is 4.71. The van der Waals surface area contributed by atoms with Crippen LogP contribution in [0.1, 0.15) is 42.9 Å². The number of fused-ring (bicyclic) bond motifs is 1. The molecular weight excluding hydrogens is 212 g/mol. The quantitative estimate of drug-likeness (QED) is 0.835. The highest BCUT2D eigenvalue weighted by Gasteiger charge is 2.18. The van der Waals surface area contributed by atoms with E-state index in [2.05, 4.69) is 15.5 Å². The third-order valence-corrected chi connectivity index (χ3v) is 3.83. The SMILES string of the molecule is C1CCc2nc(CC3CCCNC3)nnc2C1. The Balaban J connectivity index is 1.70. The molecule has 1 atom stereocenters. The highest BCUT2D eigenvalue weighted by atomic mass is 15.2. The first-order chi connectivity index (χ1) is 8.42. The van der Waals surface area contributed by atoms with Crippen molar-refractivity contribution in [3.63, 3.8) is 0 Å². The maximum atomic E-state index is 4.71. The molecule has 0 spiro atoms. The fraction of sp³-hybridized carbons (Fsp3) is 0.769. The number of aryl methyl sites for hydroxylation is 2. The van der Waals surface area contributed by atoms with Gasteiger partial charge >= 0.3 is 0 Å². The van der Waals surface area contributed by atoms with E-state index in [0.717, 1.165) is 37.3 Å². The molecule has 3 rings (SSSR count). The van der Waals surface area contributed by atoms with Gasteiger partial charge in [-0.2, -0.15) is 5.10 Å². The fourth-order valence-corrected chi connectivity index (χ4v) is 2.84. The minimum absolute atomic E-state index is 0.701. The summed E-state index contributed by atoms with van der Waals surface area (Å²) in [6.07, 6.45) is 8.25. The topological polar surface area (TPSA) is 50.7 Å². The second kappa shape index (κ2) is 5.08. The molecule has 1 unspecified atom stereocenters. The lowest BCUT2D eigenvalue weighted by Crippen LogP contribution is -2.31. The van der Waals surface area contributed by atoms with Crippen LogP contribution in [0.15, 0.2) is 0 Å². The van der Waals surface area contributed by atoms with Gasteiger partial charge in [-0.3, -0.25) is 0 Å². The summed E-state index contributed by atoms with van der Waals surface area (Å²) < 4.78 is 0. The van der Waals surface area contributed by atoms with Crippen LogP contribution in [0.25, 0.3) is 0 Å². The van der Waals surface area contributed by atoms with Gasteiger partial charge in [0.05, 0.1) is 11.4 Å². The lowest BCUT2D eigenvalue weighted by atomic mass is 9.95. The van der Waals surface area contributed by atoms with Gasteiger partial charge in [0.25, 0.3) is 0 Å². The Morgan fingerprint density at radius 3 is 2.76 bits per heavy atom. The summed E-state index contributed by atoms with van der Waals surface area (Å²) in [6.45, 7) is 2.28. The van der Waals surface area contributed by atoms with Crippen molar-refractivity contribution < 1.29 is 0 Å². The van der Waals surface area contributed by atoms with Crippen LogP contribution in [0, 0.1) is 5.92 Å². The zero-order chi connectivity index (χ0) is 11.5. The van der Waals surface area contributed by atoms with E-state index in [4.69, 9.17) is 4.98 Å². The number of nitrogens with zero attached hydrogens (tertiary/aromatic N) is 3. The number of rotatable bonds is 2. The van der Waals surface area contributed by atoms with Gasteiger partial charge in [-0.25, -0.2) is 4.98 Å². The zero-order valence-corrected chi connectivity index (χ0v) is 10.3. The first-order valence-electron chi connectivity index (χ1n) is 6.84. The normalized spacial score (nSPS) is 24.4. The average Bonchev–Trinajstić information content (AvgIpc) is 2.40. The average molecular weight is 232 g/mol. The maximum Gasteiger partial charge on any atom is 0.151 e. The third kappa shape index (κ3) is 2.63. The summed E-state index contributed by atoms with van der Waals surface area (Å²) in [6, 6.07) is 0. The highest BCUT2D eigenvalue weighted by Crippen LogP contribution is 2.18. The van der Waals surface area contributed by atoms with Crippen LogP contribution in [0.4, 0.5) is 0 Å². The molecule has 0 saturated carbocycles. The van der Waals surface area contributed by atoms with E-state index in [1.807, 2.05) is 0 Å². The molecule has 1 aromatic rings. The zero-order valence-electron chi connectivity index (χ0n) is 10.3. The van der Waals surface area contributed by atoms with Gasteiger partial charge in [0, 0.05) is 6.42 Å². The summed E-state index contributed by atoms with van der Waals surface area (Å²) in [5.41, 5.74) is 2.35. The number of aromatic nitrogens is 3.